The molecule has 0 bridgehead atoms. The van der Waals surface area contributed by atoms with Gasteiger partial charge in [-0.15, -0.1) is 0 Å². The van der Waals surface area contributed by atoms with Gasteiger partial charge in [-0.3, -0.25) is 9.80 Å². The Morgan fingerprint density at radius 3 is 2.10 bits per heavy atom. The number of nitrogens with one attached hydrogen (secondary N) is 1. The summed E-state index contributed by atoms with van der Waals surface area (Å²) < 4.78 is 0. The van der Waals surface area contributed by atoms with Gasteiger partial charge in [0, 0.05) is 26.2 Å². The second-order valence-corrected chi connectivity index (χ2v) is 5.91. The number of carbonyl (C=O) groups excluding carboxylic acids is 3. The summed E-state index contributed by atoms with van der Waals surface area (Å²) in [6.07, 6.45) is 1.10. The number of para-hydroxylation sites is 2. The first-order chi connectivity index (χ1) is 13.5. The van der Waals surface area contributed by atoms with E-state index in [4.69, 9.17) is 5.11 Å². The van der Waals surface area contributed by atoms with Crippen molar-refractivity contribution < 1.29 is 118 Å². The molecule has 10 nitrogen and oxygen atoms in total. The maximum absolute atomic E-state index is 11.0. The second kappa shape index (κ2) is 20.8. The summed E-state index contributed by atoms with van der Waals surface area (Å²) in [6.45, 7) is 0.368. The van der Waals surface area contributed by atoms with Gasteiger partial charge in [0.2, 0.25) is 0 Å². The maximum atomic E-state index is 11.0. The third-order valence-electron chi connectivity index (χ3n) is 3.80. The molecule has 0 unspecified atom stereocenters. The average Bonchev–Trinajstić information content (AvgIpc) is 3.04. The molecule has 13 heteroatoms. The standard InChI is InChI=1S/C17H22N4O5.CH3O.3Na/c22-9-8-20(11-16(23)24)6-3-7-21(12-17(25)26)10-15-18-13-4-1-2-5-14(13)19-15;1-2;;;/h1-2,4-5,9H,3,6-8,10-12H2,(H,18,19)(H,23,24)(H,25,26);1H3;;;/q;-1;3*+1/p-2. The van der Waals surface area contributed by atoms with Crippen LogP contribution < -0.4 is 104 Å². The van der Waals surface area contributed by atoms with Crippen LogP contribution in [-0.2, 0) is 20.9 Å². The van der Waals surface area contributed by atoms with Crippen molar-refractivity contribution in [2.45, 2.75) is 13.0 Å². The van der Waals surface area contributed by atoms with Crippen LogP contribution in [0, 0.1) is 0 Å². The van der Waals surface area contributed by atoms with Crippen LogP contribution in [0.15, 0.2) is 24.3 Å². The van der Waals surface area contributed by atoms with E-state index in [9.17, 15) is 24.6 Å². The topological polar surface area (TPSA) is 156 Å². The summed E-state index contributed by atoms with van der Waals surface area (Å²) in [4.78, 5) is 42.9. The van der Waals surface area contributed by atoms with Crippen LogP contribution in [-0.4, -0.2) is 77.8 Å². The van der Waals surface area contributed by atoms with Crippen LogP contribution >= 0.6 is 0 Å². The van der Waals surface area contributed by atoms with Crippen LogP contribution in [0.2, 0.25) is 0 Å². The molecule has 0 atom stereocenters. The van der Waals surface area contributed by atoms with Gasteiger partial charge in [-0.1, -0.05) is 12.1 Å². The van der Waals surface area contributed by atoms with E-state index in [-0.39, 0.29) is 115 Å². The predicted molar refractivity (Wildman–Crippen MR) is 94.4 cm³/mol. The number of carboxylic acid groups (broad SMARTS) is 2. The number of H-pyrrole nitrogens is 1. The van der Waals surface area contributed by atoms with Crippen LogP contribution in [0.1, 0.15) is 12.2 Å². The third-order valence-corrected chi connectivity index (χ3v) is 3.80. The van der Waals surface area contributed by atoms with E-state index in [2.05, 4.69) is 9.97 Å². The Labute approximate surface area is 247 Å². The molecule has 1 heterocycles. The zero-order chi connectivity index (χ0) is 20.9. The Morgan fingerprint density at radius 1 is 1.00 bits per heavy atom. The van der Waals surface area contributed by atoms with E-state index in [0.717, 1.165) is 18.1 Å². The Kier molecular flexibility index (Phi) is 24.0. The van der Waals surface area contributed by atoms with E-state index >= 15 is 0 Å². The smallest absolute Gasteiger partial charge is 0.857 e. The number of fused-ring (bicyclic) bond motifs is 1. The number of hydrogen-bond donors (Lipinski definition) is 1. The number of aromatic nitrogens is 2. The molecule has 0 aliphatic heterocycles. The van der Waals surface area contributed by atoms with E-state index in [1.54, 1.807) is 4.90 Å². The summed E-state index contributed by atoms with van der Waals surface area (Å²) in [7, 11) is 0.750. The number of aldehydes is 1. The molecule has 0 saturated carbocycles. The summed E-state index contributed by atoms with van der Waals surface area (Å²) in [6, 6.07) is 7.48. The summed E-state index contributed by atoms with van der Waals surface area (Å²) >= 11 is 0. The molecule has 0 fully saturated rings. The van der Waals surface area contributed by atoms with Crippen molar-refractivity contribution in [3.8, 4) is 0 Å². The van der Waals surface area contributed by atoms with Gasteiger partial charge in [0.15, 0.2) is 0 Å². The molecular formula is C18H23N4Na3O6. The Morgan fingerprint density at radius 2 is 1.55 bits per heavy atom. The third kappa shape index (κ3) is 14.8. The largest absolute Gasteiger partial charge is 1.00 e. The number of carboxylic acids is 2. The monoisotopic (exact) mass is 460 g/mol. The quantitative estimate of drug-likeness (QED) is 0.240. The minimum atomic E-state index is -1.26. The van der Waals surface area contributed by atoms with Crippen molar-refractivity contribution >= 4 is 29.3 Å². The maximum Gasteiger partial charge on any atom is 1.00 e. The minimum absolute atomic E-state index is 0. The van der Waals surface area contributed by atoms with Gasteiger partial charge in [0.25, 0.3) is 0 Å². The number of carbonyl (C=O) groups is 3. The predicted octanol–water partition coefficient (Wildman–Crippen LogP) is -12.3. The molecule has 2 rings (SSSR count). The Hall–Kier alpha value is 0.180. The molecule has 0 saturated heterocycles. The van der Waals surface area contributed by atoms with Gasteiger partial charge in [0.1, 0.15) is 12.1 Å². The SMILES string of the molecule is C[O-].O=CCN(CCCN(CC(=O)[O-])Cc1nc2ccccc2[nH]1)CC(=O)[O-].[Na+].[Na+].[Na+]. The fourth-order valence-electron chi connectivity index (χ4n) is 2.73. The molecule has 0 aliphatic rings. The molecule has 154 valence electrons. The number of imidazole rings is 1. The van der Waals surface area contributed by atoms with Crippen molar-refractivity contribution in [2.75, 3.05) is 39.8 Å². The summed E-state index contributed by atoms with van der Waals surface area (Å²) in [5.74, 6) is -1.84. The molecule has 2 aromatic rings. The first kappa shape index (κ1) is 35.8. The Bertz CT molecular complexity index is 745. The van der Waals surface area contributed by atoms with Crippen LogP contribution in [0.3, 0.4) is 0 Å². The molecule has 1 N–H and O–H groups in total. The van der Waals surface area contributed by atoms with Gasteiger partial charge in [-0.05, 0) is 18.6 Å². The average molecular weight is 460 g/mol. The van der Waals surface area contributed by atoms with E-state index in [0.29, 0.717) is 31.6 Å². The molecule has 31 heavy (non-hydrogen) atoms. The van der Waals surface area contributed by atoms with Crippen molar-refractivity contribution in [3.05, 3.63) is 30.1 Å². The van der Waals surface area contributed by atoms with Gasteiger partial charge < -0.3 is 34.7 Å². The number of benzene rings is 1. The molecule has 0 radical (unpaired) electrons. The Balaban J connectivity index is -0.00000152. The van der Waals surface area contributed by atoms with Gasteiger partial charge >= 0.3 is 88.7 Å². The van der Waals surface area contributed by atoms with Crippen molar-refractivity contribution in [2.24, 2.45) is 0 Å². The molecule has 0 amide bonds. The summed E-state index contributed by atoms with van der Waals surface area (Å²) in [5.41, 5.74) is 1.66. The summed E-state index contributed by atoms with van der Waals surface area (Å²) in [5, 5.41) is 29.9. The van der Waals surface area contributed by atoms with E-state index in [1.165, 1.54) is 4.90 Å². The zero-order valence-electron chi connectivity index (χ0n) is 18.6. The fraction of sp³-hybridized carbons (Fsp3) is 0.444. The zero-order valence-corrected chi connectivity index (χ0v) is 24.6. The molecule has 0 aliphatic carbocycles. The van der Waals surface area contributed by atoms with Crippen molar-refractivity contribution in [3.63, 3.8) is 0 Å². The van der Waals surface area contributed by atoms with Crippen LogP contribution in [0.4, 0.5) is 0 Å². The fourth-order valence-corrected chi connectivity index (χ4v) is 2.73. The van der Waals surface area contributed by atoms with Gasteiger partial charge in [-0.2, -0.15) is 7.11 Å². The van der Waals surface area contributed by atoms with Crippen molar-refractivity contribution in [1.29, 1.82) is 0 Å². The first-order valence-corrected chi connectivity index (χ1v) is 8.60. The van der Waals surface area contributed by atoms with Gasteiger partial charge in [-0.25, -0.2) is 4.98 Å². The normalized spacial score (nSPS) is 9.68. The molecule has 1 aromatic carbocycles. The number of rotatable bonds is 12. The van der Waals surface area contributed by atoms with Crippen LogP contribution in [0.5, 0.6) is 0 Å². The van der Waals surface area contributed by atoms with Crippen molar-refractivity contribution in [1.82, 2.24) is 19.8 Å². The molecular weight excluding hydrogens is 437 g/mol. The van der Waals surface area contributed by atoms with Crippen LogP contribution in [0.25, 0.3) is 11.0 Å². The van der Waals surface area contributed by atoms with Gasteiger partial charge in [0.05, 0.1) is 36.1 Å². The molecule has 0 spiro atoms. The number of nitrogens with zero attached hydrogens (tertiary/aromatic N) is 3. The first-order valence-electron chi connectivity index (χ1n) is 8.60. The number of hydrogen-bond acceptors (Lipinski definition) is 9. The number of aromatic amines is 1. The molecule has 1 aromatic heterocycles. The number of aliphatic carboxylic acids is 2. The second-order valence-electron chi connectivity index (χ2n) is 5.91. The van der Waals surface area contributed by atoms with E-state index < -0.39 is 11.9 Å². The van der Waals surface area contributed by atoms with E-state index in [1.807, 2.05) is 24.3 Å². The minimum Gasteiger partial charge on any atom is -0.857 e.